The maximum Gasteiger partial charge on any atom is 0.310 e. The summed E-state index contributed by atoms with van der Waals surface area (Å²) in [5, 5.41) is 13.2. The van der Waals surface area contributed by atoms with Gasteiger partial charge in [-0.3, -0.25) is 14.3 Å². The van der Waals surface area contributed by atoms with E-state index in [2.05, 4.69) is 5.10 Å². The second kappa shape index (κ2) is 5.03. The molecule has 0 aromatic carbocycles. The lowest BCUT2D eigenvalue weighted by Crippen LogP contribution is -2.53. The van der Waals surface area contributed by atoms with E-state index in [4.69, 9.17) is 5.11 Å². The third-order valence-corrected chi connectivity index (χ3v) is 3.43. The number of carbonyl (C=O) groups is 2. The van der Waals surface area contributed by atoms with Crippen LogP contribution in [0.5, 0.6) is 0 Å². The van der Waals surface area contributed by atoms with Crippen LogP contribution in [0.2, 0.25) is 0 Å². The number of hydrogen-bond donors (Lipinski definition) is 1. The molecule has 104 valence electrons. The van der Waals surface area contributed by atoms with Crippen LogP contribution in [0.15, 0.2) is 6.07 Å². The van der Waals surface area contributed by atoms with Crippen LogP contribution in [0.3, 0.4) is 0 Å². The van der Waals surface area contributed by atoms with Gasteiger partial charge in [-0.15, -0.1) is 0 Å². The Bertz CT molecular complexity index is 501. The fourth-order valence-corrected chi connectivity index (χ4v) is 2.09. The van der Waals surface area contributed by atoms with Crippen molar-refractivity contribution in [1.82, 2.24) is 14.7 Å². The number of aromatic nitrogens is 2. The van der Waals surface area contributed by atoms with Crippen LogP contribution in [0.4, 0.5) is 0 Å². The molecule has 0 saturated carbocycles. The van der Waals surface area contributed by atoms with Crippen LogP contribution in [0.25, 0.3) is 0 Å². The van der Waals surface area contributed by atoms with Crippen LogP contribution in [0.1, 0.15) is 42.9 Å². The Kier molecular flexibility index (Phi) is 3.59. The Balaban J connectivity index is 2.13. The van der Waals surface area contributed by atoms with Crippen molar-refractivity contribution in [2.75, 3.05) is 13.1 Å². The highest BCUT2D eigenvalue weighted by atomic mass is 16.4. The van der Waals surface area contributed by atoms with Gasteiger partial charge in [0.15, 0.2) is 0 Å². The minimum absolute atomic E-state index is 0.126. The fraction of sp³-hybridized carbons (Fsp3) is 0.615. The van der Waals surface area contributed by atoms with E-state index in [9.17, 15) is 9.59 Å². The molecule has 1 aromatic heterocycles. The van der Waals surface area contributed by atoms with Crippen molar-refractivity contribution in [3.8, 4) is 0 Å². The summed E-state index contributed by atoms with van der Waals surface area (Å²) in [5.74, 6) is -1.12. The van der Waals surface area contributed by atoms with E-state index in [-0.39, 0.29) is 11.8 Å². The van der Waals surface area contributed by atoms with E-state index in [1.54, 1.807) is 9.58 Å². The Morgan fingerprint density at radius 1 is 1.47 bits per heavy atom. The molecule has 1 fully saturated rings. The zero-order valence-corrected chi connectivity index (χ0v) is 11.5. The van der Waals surface area contributed by atoms with E-state index in [1.165, 1.54) is 0 Å². The van der Waals surface area contributed by atoms with Crippen LogP contribution in [-0.4, -0.2) is 44.8 Å². The Hall–Kier alpha value is -1.85. The van der Waals surface area contributed by atoms with Crippen molar-refractivity contribution >= 4 is 11.9 Å². The molecular formula is C13H19N3O3. The lowest BCUT2D eigenvalue weighted by molar-refractivity contribution is -0.146. The molecule has 1 saturated heterocycles. The largest absolute Gasteiger partial charge is 0.481 e. The maximum absolute atomic E-state index is 12.3. The number of carboxylic acid groups (broad SMARTS) is 1. The normalized spacial score (nSPS) is 15.7. The van der Waals surface area contributed by atoms with Gasteiger partial charge in [-0.25, -0.2) is 0 Å². The molecular weight excluding hydrogens is 246 g/mol. The second-order valence-electron chi connectivity index (χ2n) is 5.17. The SMILES string of the molecule is CCn1nc(C(C)C)cc1C(=O)N1CC(C(=O)O)C1. The van der Waals surface area contributed by atoms with Gasteiger partial charge in [0.1, 0.15) is 5.69 Å². The molecule has 1 N–H and O–H groups in total. The van der Waals surface area contributed by atoms with Gasteiger partial charge >= 0.3 is 5.97 Å². The zero-order chi connectivity index (χ0) is 14.2. The molecule has 19 heavy (non-hydrogen) atoms. The van der Waals surface area contributed by atoms with Crippen molar-refractivity contribution in [2.24, 2.45) is 5.92 Å². The standard InChI is InChI=1S/C13H19N3O3/c1-4-16-11(5-10(14-16)8(2)3)12(17)15-6-9(7-15)13(18)19/h5,8-9H,4,6-7H2,1-3H3,(H,18,19). The molecule has 2 rings (SSSR count). The summed E-state index contributed by atoms with van der Waals surface area (Å²) in [6, 6.07) is 1.81. The summed E-state index contributed by atoms with van der Waals surface area (Å²) in [6.07, 6.45) is 0. The summed E-state index contributed by atoms with van der Waals surface area (Å²) in [7, 11) is 0. The number of carbonyl (C=O) groups excluding carboxylic acids is 1. The summed E-state index contributed by atoms with van der Waals surface area (Å²) in [5.41, 5.74) is 1.44. The minimum Gasteiger partial charge on any atom is -0.481 e. The number of likely N-dealkylation sites (tertiary alicyclic amines) is 1. The molecule has 1 aromatic rings. The van der Waals surface area contributed by atoms with Crippen molar-refractivity contribution in [3.05, 3.63) is 17.5 Å². The predicted octanol–water partition coefficient (Wildman–Crippen LogP) is 1.18. The third-order valence-electron chi connectivity index (χ3n) is 3.43. The van der Waals surface area contributed by atoms with Crippen molar-refractivity contribution in [3.63, 3.8) is 0 Å². The van der Waals surface area contributed by atoms with Gasteiger partial charge < -0.3 is 10.0 Å². The molecule has 2 heterocycles. The third kappa shape index (κ3) is 2.47. The molecule has 6 nitrogen and oxygen atoms in total. The predicted molar refractivity (Wildman–Crippen MR) is 69.0 cm³/mol. The fourth-order valence-electron chi connectivity index (χ4n) is 2.09. The molecule has 0 bridgehead atoms. The van der Waals surface area contributed by atoms with Gasteiger partial charge in [-0.05, 0) is 18.9 Å². The summed E-state index contributed by atoms with van der Waals surface area (Å²) in [6.45, 7) is 7.20. The Labute approximate surface area is 112 Å². The highest BCUT2D eigenvalue weighted by Crippen LogP contribution is 2.21. The van der Waals surface area contributed by atoms with Crippen molar-refractivity contribution in [2.45, 2.75) is 33.2 Å². The molecule has 1 aliphatic heterocycles. The highest BCUT2D eigenvalue weighted by Gasteiger charge is 2.37. The molecule has 0 spiro atoms. The average Bonchev–Trinajstić information content (AvgIpc) is 2.70. The van der Waals surface area contributed by atoms with E-state index in [1.807, 2.05) is 26.8 Å². The average molecular weight is 265 g/mol. The van der Waals surface area contributed by atoms with Crippen LogP contribution in [0, 0.1) is 5.92 Å². The van der Waals surface area contributed by atoms with Gasteiger partial charge in [0.05, 0.1) is 11.6 Å². The smallest absolute Gasteiger partial charge is 0.310 e. The van der Waals surface area contributed by atoms with Gasteiger partial charge in [0.2, 0.25) is 0 Å². The van der Waals surface area contributed by atoms with Crippen molar-refractivity contribution in [1.29, 1.82) is 0 Å². The minimum atomic E-state index is -0.837. The van der Waals surface area contributed by atoms with E-state index in [0.29, 0.717) is 25.3 Å². The molecule has 0 aliphatic carbocycles. The number of amides is 1. The highest BCUT2D eigenvalue weighted by molar-refractivity contribution is 5.94. The molecule has 0 unspecified atom stereocenters. The molecule has 1 amide bonds. The lowest BCUT2D eigenvalue weighted by Gasteiger charge is -2.36. The number of aliphatic carboxylic acids is 1. The van der Waals surface area contributed by atoms with Crippen LogP contribution < -0.4 is 0 Å². The maximum atomic E-state index is 12.3. The zero-order valence-electron chi connectivity index (χ0n) is 11.5. The lowest BCUT2D eigenvalue weighted by atomic mass is 10.00. The summed E-state index contributed by atoms with van der Waals surface area (Å²) < 4.78 is 1.69. The second-order valence-corrected chi connectivity index (χ2v) is 5.17. The van der Waals surface area contributed by atoms with Crippen molar-refractivity contribution < 1.29 is 14.7 Å². The van der Waals surface area contributed by atoms with Gasteiger partial charge in [0, 0.05) is 19.6 Å². The van der Waals surface area contributed by atoms with Gasteiger partial charge in [-0.1, -0.05) is 13.8 Å². The number of carboxylic acids is 1. The van der Waals surface area contributed by atoms with Gasteiger partial charge in [-0.2, -0.15) is 5.10 Å². The quantitative estimate of drug-likeness (QED) is 0.887. The van der Waals surface area contributed by atoms with Gasteiger partial charge in [0.25, 0.3) is 5.91 Å². The molecule has 6 heteroatoms. The van der Waals surface area contributed by atoms with E-state index in [0.717, 1.165) is 5.69 Å². The number of hydrogen-bond acceptors (Lipinski definition) is 3. The summed E-state index contributed by atoms with van der Waals surface area (Å²) in [4.78, 5) is 24.6. The Morgan fingerprint density at radius 2 is 2.11 bits per heavy atom. The first-order chi connectivity index (χ1) is 8.93. The molecule has 1 aliphatic rings. The monoisotopic (exact) mass is 265 g/mol. The molecule has 0 atom stereocenters. The molecule has 0 radical (unpaired) electrons. The first kappa shape index (κ1) is 13.6. The number of aryl methyl sites for hydroxylation is 1. The Morgan fingerprint density at radius 3 is 2.58 bits per heavy atom. The van der Waals surface area contributed by atoms with E-state index >= 15 is 0 Å². The van der Waals surface area contributed by atoms with E-state index < -0.39 is 11.9 Å². The van der Waals surface area contributed by atoms with Crippen LogP contribution in [-0.2, 0) is 11.3 Å². The number of rotatable bonds is 4. The first-order valence-electron chi connectivity index (χ1n) is 6.53. The number of nitrogens with zero attached hydrogens (tertiary/aromatic N) is 3. The van der Waals surface area contributed by atoms with Crippen LogP contribution >= 0.6 is 0 Å². The topological polar surface area (TPSA) is 75.4 Å². The first-order valence-corrected chi connectivity index (χ1v) is 6.53. The summed E-state index contributed by atoms with van der Waals surface area (Å²) >= 11 is 0.